The summed E-state index contributed by atoms with van der Waals surface area (Å²) in [5.41, 5.74) is 2.61. The molecule has 0 spiro atoms. The maximum atomic E-state index is 12.5. The maximum Gasteiger partial charge on any atom is 0.339 e. The van der Waals surface area contributed by atoms with E-state index in [9.17, 15) is 14.8 Å². The molecule has 3 rings (SSSR count). The van der Waals surface area contributed by atoms with Gasteiger partial charge in [-0.2, -0.15) is 4.73 Å². The fourth-order valence-electron chi connectivity index (χ4n) is 2.73. The predicted molar refractivity (Wildman–Crippen MR) is 97.3 cm³/mol. The van der Waals surface area contributed by atoms with E-state index in [0.717, 1.165) is 11.4 Å². The smallest absolute Gasteiger partial charge is 0.339 e. The molecule has 6 nitrogen and oxygen atoms in total. The lowest BCUT2D eigenvalue weighted by atomic mass is 10.1. The second kappa shape index (κ2) is 7.53. The molecule has 0 unspecified atom stereocenters. The Hall–Kier alpha value is -2.93. The van der Waals surface area contributed by atoms with Crippen LogP contribution in [0.15, 0.2) is 48.1 Å². The van der Waals surface area contributed by atoms with Crippen molar-refractivity contribution in [3.8, 4) is 0 Å². The summed E-state index contributed by atoms with van der Waals surface area (Å²) in [6.45, 7) is 4.21. The highest BCUT2D eigenvalue weighted by atomic mass is 32.1. The summed E-state index contributed by atoms with van der Waals surface area (Å²) in [4.78, 5) is 25.7. The molecule has 0 aliphatic heterocycles. The molecule has 0 fully saturated rings. The Bertz CT molecular complexity index is 927. The topological polar surface area (TPSA) is 75.2 Å². The highest BCUT2D eigenvalue weighted by Crippen LogP contribution is 2.20. The van der Waals surface area contributed by atoms with Crippen LogP contribution in [0.25, 0.3) is 0 Å². The number of hydrogen-bond donors (Lipinski definition) is 0. The molecule has 134 valence electrons. The molecule has 0 atom stereocenters. The minimum absolute atomic E-state index is 0.230. The molecule has 26 heavy (non-hydrogen) atoms. The van der Waals surface area contributed by atoms with Crippen molar-refractivity contribution in [3.63, 3.8) is 0 Å². The fourth-order valence-corrected chi connectivity index (χ4v) is 3.42. The van der Waals surface area contributed by atoms with Crippen LogP contribution in [0.4, 0.5) is 0 Å². The van der Waals surface area contributed by atoms with Crippen LogP contribution in [-0.2, 0) is 11.3 Å². The van der Waals surface area contributed by atoms with Crippen LogP contribution >= 0.6 is 11.3 Å². The first-order chi connectivity index (χ1) is 12.5. The third kappa shape index (κ3) is 3.83. The van der Waals surface area contributed by atoms with E-state index in [2.05, 4.69) is 10.6 Å². The number of pyridine rings is 1. The second-order valence-corrected chi connectivity index (χ2v) is 6.93. The van der Waals surface area contributed by atoms with Crippen LogP contribution in [0.3, 0.4) is 0 Å². The lowest BCUT2D eigenvalue weighted by molar-refractivity contribution is -0.605. The van der Waals surface area contributed by atoms with Crippen molar-refractivity contribution in [2.45, 2.75) is 20.4 Å². The number of carbonyl (C=O) groups is 2. The van der Waals surface area contributed by atoms with Gasteiger partial charge in [0, 0.05) is 34.0 Å². The Balaban J connectivity index is 1.68. The summed E-state index contributed by atoms with van der Waals surface area (Å²) in [6.07, 6.45) is 2.41. The van der Waals surface area contributed by atoms with Crippen molar-refractivity contribution in [2.24, 2.45) is 0 Å². The summed E-state index contributed by atoms with van der Waals surface area (Å²) >= 11 is 1.67. The van der Waals surface area contributed by atoms with Gasteiger partial charge in [0.05, 0.1) is 12.1 Å². The van der Waals surface area contributed by atoms with Gasteiger partial charge in [-0.05, 0) is 31.4 Å². The summed E-state index contributed by atoms with van der Waals surface area (Å²) in [7, 11) is 0. The highest BCUT2D eigenvalue weighted by Gasteiger charge is 2.18. The molecule has 0 aliphatic carbocycles. The van der Waals surface area contributed by atoms with Gasteiger partial charge in [-0.3, -0.25) is 4.79 Å². The second-order valence-electron chi connectivity index (χ2n) is 5.90. The fraction of sp³-hybridized carbons (Fsp3) is 0.211. The lowest BCUT2D eigenvalue weighted by Crippen LogP contribution is -2.24. The van der Waals surface area contributed by atoms with Crippen LogP contribution < -0.4 is 4.73 Å². The largest absolute Gasteiger partial charge is 0.619 e. The van der Waals surface area contributed by atoms with E-state index >= 15 is 0 Å². The van der Waals surface area contributed by atoms with Crippen molar-refractivity contribution in [1.82, 2.24) is 4.57 Å². The van der Waals surface area contributed by atoms with Gasteiger partial charge >= 0.3 is 5.97 Å². The summed E-state index contributed by atoms with van der Waals surface area (Å²) in [5.74, 6) is -0.884. The summed E-state index contributed by atoms with van der Waals surface area (Å²) in [6, 6.07) is 8.58. The van der Waals surface area contributed by atoms with Gasteiger partial charge in [0.2, 0.25) is 5.78 Å². The third-order valence-corrected chi connectivity index (χ3v) is 5.00. The van der Waals surface area contributed by atoms with Crippen molar-refractivity contribution in [2.75, 3.05) is 6.61 Å². The number of aromatic nitrogens is 2. The van der Waals surface area contributed by atoms with E-state index < -0.39 is 5.97 Å². The van der Waals surface area contributed by atoms with E-state index in [1.807, 2.05) is 31.4 Å². The van der Waals surface area contributed by atoms with Crippen molar-refractivity contribution in [3.05, 3.63) is 80.7 Å². The van der Waals surface area contributed by atoms with Crippen LogP contribution in [-0.4, -0.2) is 22.9 Å². The van der Waals surface area contributed by atoms with E-state index in [0.29, 0.717) is 16.8 Å². The number of hydrogen-bond acceptors (Lipinski definition) is 5. The zero-order valence-electron chi connectivity index (χ0n) is 14.5. The van der Waals surface area contributed by atoms with E-state index in [-0.39, 0.29) is 18.0 Å². The van der Waals surface area contributed by atoms with Gasteiger partial charge in [-0.1, -0.05) is 6.07 Å². The molecule has 3 aromatic rings. The number of aryl methyl sites for hydroxylation is 1. The van der Waals surface area contributed by atoms with Crippen molar-refractivity contribution >= 4 is 23.1 Å². The average molecular weight is 370 g/mol. The molecule has 0 aliphatic rings. The number of esters is 1. The Labute approximate surface area is 154 Å². The van der Waals surface area contributed by atoms with Gasteiger partial charge in [0.15, 0.2) is 19.0 Å². The number of ether oxygens (including phenoxy) is 1. The molecule has 7 heteroatoms. The molecule has 0 aromatic carbocycles. The molecule has 0 N–H and O–H groups in total. The molecule has 3 heterocycles. The van der Waals surface area contributed by atoms with Gasteiger partial charge < -0.3 is 14.5 Å². The molecule has 0 saturated heterocycles. The number of nitrogens with zero attached hydrogens (tertiary/aromatic N) is 2. The molecule has 0 bridgehead atoms. The quantitative estimate of drug-likeness (QED) is 0.289. The summed E-state index contributed by atoms with van der Waals surface area (Å²) in [5, 5.41) is 13.0. The van der Waals surface area contributed by atoms with Gasteiger partial charge in [-0.25, -0.2) is 4.79 Å². The predicted octanol–water partition coefficient (Wildman–Crippen LogP) is 2.89. The Morgan fingerprint density at radius 1 is 1.23 bits per heavy atom. The van der Waals surface area contributed by atoms with E-state index in [1.54, 1.807) is 11.3 Å². The minimum Gasteiger partial charge on any atom is -0.619 e. The minimum atomic E-state index is -0.633. The SMILES string of the molecule is Cc1cc(C(=O)COC(=O)c2cc[n+]([O-])cc2)c(C)n1Cc1cccs1. The van der Waals surface area contributed by atoms with Crippen LogP contribution in [0.2, 0.25) is 0 Å². The zero-order chi connectivity index (χ0) is 18.7. The monoisotopic (exact) mass is 370 g/mol. The lowest BCUT2D eigenvalue weighted by Gasteiger charge is -2.08. The maximum absolute atomic E-state index is 12.5. The summed E-state index contributed by atoms with van der Waals surface area (Å²) < 4.78 is 7.74. The zero-order valence-corrected chi connectivity index (χ0v) is 15.3. The van der Waals surface area contributed by atoms with Gasteiger partial charge in [-0.15, -0.1) is 11.3 Å². The highest BCUT2D eigenvalue weighted by molar-refractivity contribution is 7.09. The third-order valence-electron chi connectivity index (χ3n) is 4.14. The number of rotatable bonds is 6. The van der Waals surface area contributed by atoms with Crippen LogP contribution in [0.5, 0.6) is 0 Å². The molecule has 3 aromatic heterocycles. The number of Topliss-reactive ketones (excluding diaryl/α,β-unsaturated/α-hetero) is 1. The first kappa shape index (κ1) is 17.9. The molecular weight excluding hydrogens is 352 g/mol. The Morgan fingerprint density at radius 3 is 2.62 bits per heavy atom. The molecule has 0 amide bonds. The van der Waals surface area contributed by atoms with Gasteiger partial charge in [0.25, 0.3) is 0 Å². The van der Waals surface area contributed by atoms with Crippen LogP contribution in [0, 0.1) is 19.1 Å². The molecule has 0 saturated carbocycles. The molecule has 0 radical (unpaired) electrons. The van der Waals surface area contributed by atoms with Crippen LogP contribution in [0.1, 0.15) is 37.0 Å². The average Bonchev–Trinajstić information content (AvgIpc) is 3.24. The Kier molecular flexibility index (Phi) is 5.18. The first-order valence-electron chi connectivity index (χ1n) is 8.04. The van der Waals surface area contributed by atoms with Crippen molar-refractivity contribution < 1.29 is 19.1 Å². The van der Waals surface area contributed by atoms with Crippen molar-refractivity contribution in [1.29, 1.82) is 0 Å². The number of ketones is 1. The Morgan fingerprint density at radius 2 is 1.96 bits per heavy atom. The van der Waals surface area contributed by atoms with E-state index in [4.69, 9.17) is 4.74 Å². The number of carbonyl (C=O) groups excluding carboxylic acids is 2. The van der Waals surface area contributed by atoms with E-state index in [1.165, 1.54) is 29.4 Å². The van der Waals surface area contributed by atoms with Gasteiger partial charge in [0.1, 0.15) is 0 Å². The first-order valence-corrected chi connectivity index (χ1v) is 8.92. The normalized spacial score (nSPS) is 10.7. The standard InChI is InChI=1S/C19H18N2O4S/c1-13-10-17(14(2)21(13)11-16-4-3-9-26-16)18(22)12-25-19(23)15-5-7-20(24)8-6-15/h3-10H,11-12H2,1-2H3. The molecular formula is C19H18N2O4S. The number of thiophene rings is 1.